The Morgan fingerprint density at radius 3 is 1.43 bits per heavy atom. The Morgan fingerprint density at radius 1 is 0.750 bits per heavy atom. The fourth-order valence-electron chi connectivity index (χ4n) is 2.17. The molecule has 7 nitrogen and oxygen atoms in total. The van der Waals surface area contributed by atoms with Crippen molar-refractivity contribution in [3.8, 4) is 11.5 Å². The highest BCUT2D eigenvalue weighted by molar-refractivity contribution is 7.90. The molecule has 2 atom stereocenters. The van der Waals surface area contributed by atoms with Gasteiger partial charge in [-0.3, -0.25) is 13.6 Å². The summed E-state index contributed by atoms with van der Waals surface area (Å²) in [6.45, 7) is 0. The minimum atomic E-state index is -2.86. The molecule has 2 aromatic carbocycles. The van der Waals surface area contributed by atoms with E-state index in [1.165, 1.54) is 0 Å². The SMILES string of the molecule is COc1ccc(C[S@+]([O-])CO[PH](=O)OC[S@@+]([O-])Cc2ccc(OC)cc2)cc1. The van der Waals surface area contributed by atoms with Crippen LogP contribution in [-0.4, -0.2) is 35.2 Å². The van der Waals surface area contributed by atoms with Crippen molar-refractivity contribution >= 4 is 30.6 Å². The van der Waals surface area contributed by atoms with Gasteiger partial charge < -0.3 is 18.6 Å². The average Bonchev–Trinajstić information content (AvgIpc) is 2.72. The Morgan fingerprint density at radius 2 is 1.11 bits per heavy atom. The Bertz CT molecular complexity index is 666. The predicted molar refractivity (Wildman–Crippen MR) is 111 cm³/mol. The lowest BCUT2D eigenvalue weighted by Crippen LogP contribution is -2.12. The van der Waals surface area contributed by atoms with Gasteiger partial charge in [-0.05, 0) is 46.6 Å². The van der Waals surface area contributed by atoms with E-state index >= 15 is 0 Å². The number of rotatable bonds is 12. The highest BCUT2D eigenvalue weighted by Crippen LogP contribution is 2.26. The maximum atomic E-state index is 12.0. The van der Waals surface area contributed by atoms with E-state index in [9.17, 15) is 13.7 Å². The molecule has 2 rings (SSSR count). The van der Waals surface area contributed by atoms with Gasteiger partial charge in [-0.1, -0.05) is 24.3 Å². The quantitative estimate of drug-likeness (QED) is 0.364. The molecule has 0 bridgehead atoms. The lowest BCUT2D eigenvalue weighted by atomic mass is 10.2. The molecule has 28 heavy (non-hydrogen) atoms. The van der Waals surface area contributed by atoms with Crippen LogP contribution in [0.15, 0.2) is 48.5 Å². The number of hydrogen-bond acceptors (Lipinski definition) is 7. The molecule has 2 aromatic rings. The summed E-state index contributed by atoms with van der Waals surface area (Å²) in [4.78, 5) is 0. The Kier molecular flexibility index (Phi) is 10.2. The van der Waals surface area contributed by atoms with Crippen LogP contribution in [0.3, 0.4) is 0 Å². The first kappa shape index (κ1) is 23.1. The first-order valence-corrected chi connectivity index (χ1v) is 12.5. The Labute approximate surface area is 171 Å². The van der Waals surface area contributed by atoms with Crippen molar-refractivity contribution in [3.05, 3.63) is 59.7 Å². The van der Waals surface area contributed by atoms with Crippen molar-refractivity contribution in [1.82, 2.24) is 0 Å². The highest BCUT2D eigenvalue weighted by Gasteiger charge is 2.14. The van der Waals surface area contributed by atoms with Gasteiger partial charge in [-0.2, -0.15) is 0 Å². The van der Waals surface area contributed by atoms with Crippen LogP contribution in [-0.2, 0) is 47.5 Å². The second-order valence-corrected chi connectivity index (χ2v) is 9.52. The molecule has 0 radical (unpaired) electrons. The molecule has 0 N–H and O–H groups in total. The summed E-state index contributed by atoms with van der Waals surface area (Å²) in [5.74, 6) is 1.54. The van der Waals surface area contributed by atoms with Gasteiger partial charge in [-0.25, -0.2) is 0 Å². The molecule has 0 amide bonds. The number of benzene rings is 2. The summed E-state index contributed by atoms with van der Waals surface area (Å²) in [5.41, 5.74) is 1.70. The smallest absolute Gasteiger partial charge is 0.326 e. The largest absolute Gasteiger partial charge is 0.614 e. The molecule has 0 aliphatic carbocycles. The van der Waals surface area contributed by atoms with Gasteiger partial charge in [0.25, 0.3) is 0 Å². The minimum absolute atomic E-state index is 0.213. The minimum Gasteiger partial charge on any atom is -0.614 e. The summed E-state index contributed by atoms with van der Waals surface area (Å²) in [6, 6.07) is 14.3. The molecular formula is C18H23O7PS2. The van der Waals surface area contributed by atoms with Crippen molar-refractivity contribution in [2.75, 3.05) is 26.1 Å². The average molecular weight is 446 g/mol. The maximum Gasteiger partial charge on any atom is 0.326 e. The normalized spacial score (nSPS) is 13.3. The van der Waals surface area contributed by atoms with Gasteiger partial charge in [0, 0.05) is 11.1 Å². The van der Waals surface area contributed by atoms with Crippen LogP contribution in [0.4, 0.5) is 0 Å². The monoisotopic (exact) mass is 446 g/mol. The van der Waals surface area contributed by atoms with E-state index in [4.69, 9.17) is 18.5 Å². The van der Waals surface area contributed by atoms with Crippen molar-refractivity contribution in [1.29, 1.82) is 0 Å². The molecule has 0 unspecified atom stereocenters. The third kappa shape index (κ3) is 8.45. The summed E-state index contributed by atoms with van der Waals surface area (Å²) < 4.78 is 55.9. The molecule has 0 saturated carbocycles. The first-order valence-electron chi connectivity index (χ1n) is 8.25. The number of methoxy groups -OCH3 is 2. The van der Waals surface area contributed by atoms with Gasteiger partial charge in [-0.15, -0.1) is 0 Å². The molecule has 0 heterocycles. The summed E-state index contributed by atoms with van der Waals surface area (Å²) >= 11 is -2.71. The zero-order chi connectivity index (χ0) is 20.4. The van der Waals surface area contributed by atoms with Crippen LogP contribution < -0.4 is 9.47 Å². The Balaban J connectivity index is 1.65. The lowest BCUT2D eigenvalue weighted by Gasteiger charge is -2.13. The second-order valence-electron chi connectivity index (χ2n) is 5.64. The molecule has 0 aliphatic rings. The van der Waals surface area contributed by atoms with Crippen molar-refractivity contribution in [2.24, 2.45) is 0 Å². The van der Waals surface area contributed by atoms with Gasteiger partial charge in [0.1, 0.15) is 23.0 Å². The molecule has 10 heteroatoms. The number of hydrogen-bond donors (Lipinski definition) is 0. The van der Waals surface area contributed by atoms with Crippen LogP contribution in [0.1, 0.15) is 11.1 Å². The molecular weight excluding hydrogens is 423 g/mol. The fraction of sp³-hybridized carbons (Fsp3) is 0.333. The lowest BCUT2D eigenvalue weighted by molar-refractivity contribution is 0.275. The maximum absolute atomic E-state index is 12.0. The zero-order valence-corrected chi connectivity index (χ0v) is 18.3. The standard InChI is InChI=1S/C18H23O7PS2/c1-22-17-7-3-15(4-8-17)11-27(20)13-24-26(19)25-14-28(21)12-16-5-9-18(23-2)10-6-16/h3-10,26H,11-14H2,1-2H3/t27-,28-/m0/s1. The van der Waals surface area contributed by atoms with E-state index in [0.29, 0.717) is 11.5 Å². The molecule has 0 saturated heterocycles. The molecule has 154 valence electrons. The van der Waals surface area contributed by atoms with Gasteiger partial charge in [0.15, 0.2) is 0 Å². The fourth-order valence-corrected chi connectivity index (χ4v) is 5.37. The van der Waals surface area contributed by atoms with Crippen LogP contribution in [0.25, 0.3) is 0 Å². The van der Waals surface area contributed by atoms with Crippen LogP contribution >= 0.6 is 8.25 Å². The summed E-state index contributed by atoms with van der Waals surface area (Å²) in [5, 5.41) is 0. The summed E-state index contributed by atoms with van der Waals surface area (Å²) in [7, 11) is 0.285. The number of ether oxygens (including phenoxy) is 2. The second kappa shape index (κ2) is 12.4. The van der Waals surface area contributed by atoms with Crippen molar-refractivity contribution in [2.45, 2.75) is 11.5 Å². The third-order valence-electron chi connectivity index (χ3n) is 3.59. The van der Waals surface area contributed by atoms with Gasteiger partial charge >= 0.3 is 8.25 Å². The third-order valence-corrected chi connectivity index (χ3v) is 6.84. The topological polar surface area (TPSA) is 100 Å². The van der Waals surface area contributed by atoms with Crippen molar-refractivity contribution < 1.29 is 32.2 Å². The molecule has 0 spiro atoms. The van der Waals surface area contributed by atoms with Crippen molar-refractivity contribution in [3.63, 3.8) is 0 Å². The zero-order valence-electron chi connectivity index (χ0n) is 15.6. The van der Waals surface area contributed by atoms with Crippen LogP contribution in [0.2, 0.25) is 0 Å². The molecule has 0 fully saturated rings. The van der Waals surface area contributed by atoms with Gasteiger partial charge in [0.2, 0.25) is 11.9 Å². The van der Waals surface area contributed by atoms with E-state index in [-0.39, 0.29) is 23.4 Å². The van der Waals surface area contributed by atoms with E-state index in [1.807, 2.05) is 0 Å². The van der Waals surface area contributed by atoms with E-state index < -0.39 is 30.6 Å². The predicted octanol–water partition coefficient (Wildman–Crippen LogP) is 3.24. The van der Waals surface area contributed by atoms with E-state index in [0.717, 1.165) is 11.1 Å². The first-order chi connectivity index (χ1) is 13.5. The summed E-state index contributed by atoms with van der Waals surface area (Å²) in [6.07, 6.45) is 0. The van der Waals surface area contributed by atoms with Crippen LogP contribution in [0.5, 0.6) is 11.5 Å². The molecule has 0 aromatic heterocycles. The Hall–Kier alpha value is -1.19. The van der Waals surface area contributed by atoms with E-state index in [2.05, 4.69) is 0 Å². The van der Waals surface area contributed by atoms with Gasteiger partial charge in [0.05, 0.1) is 14.2 Å². The van der Waals surface area contributed by atoms with Crippen LogP contribution in [0, 0.1) is 0 Å². The molecule has 0 aliphatic heterocycles. The highest BCUT2D eigenvalue weighted by atomic mass is 32.2. The van der Waals surface area contributed by atoms with E-state index in [1.54, 1.807) is 62.8 Å².